The van der Waals surface area contributed by atoms with Gasteiger partial charge in [-0.15, -0.1) is 0 Å². The number of rotatable bonds is 9. The zero-order valence-electron chi connectivity index (χ0n) is 21.7. The summed E-state index contributed by atoms with van der Waals surface area (Å²) < 4.78 is 6.12. The smallest absolute Gasteiger partial charge is 0.320 e. The highest BCUT2D eigenvalue weighted by molar-refractivity contribution is 6.31. The van der Waals surface area contributed by atoms with Crippen molar-refractivity contribution in [3.8, 4) is 5.75 Å². The van der Waals surface area contributed by atoms with Crippen LogP contribution in [0.1, 0.15) is 70.8 Å². The number of carbonyl (C=O) groups excluding carboxylic acids is 1. The van der Waals surface area contributed by atoms with Gasteiger partial charge in [-0.2, -0.15) is 0 Å². The quantitative estimate of drug-likeness (QED) is 0.425. The summed E-state index contributed by atoms with van der Waals surface area (Å²) in [6, 6.07) is 4.98. The molecule has 0 aromatic heterocycles. The van der Waals surface area contributed by atoms with Crippen molar-refractivity contribution >= 4 is 23.3 Å². The number of fused-ring (bicyclic) bond motifs is 1. The lowest BCUT2D eigenvalue weighted by atomic mass is 9.86. The fourth-order valence-corrected chi connectivity index (χ4v) is 6.58. The SMILES string of the molecule is CC1(C)COc2c(N3CCN(CCCCCCN4CCN(C5CCCC5)C4=O)CC3)cc(Cl)cc21. The van der Waals surface area contributed by atoms with Crippen LogP contribution in [0, 0.1) is 0 Å². The second-order valence-corrected chi connectivity index (χ2v) is 12.1. The van der Waals surface area contributed by atoms with Crippen LogP contribution in [-0.2, 0) is 5.41 Å². The summed E-state index contributed by atoms with van der Waals surface area (Å²) in [5.41, 5.74) is 2.43. The molecule has 1 aromatic rings. The van der Waals surface area contributed by atoms with Gasteiger partial charge in [0.2, 0.25) is 0 Å². The zero-order chi connectivity index (χ0) is 24.4. The predicted molar refractivity (Wildman–Crippen MR) is 143 cm³/mol. The molecule has 4 aliphatic rings. The van der Waals surface area contributed by atoms with Crippen molar-refractivity contribution in [2.45, 2.75) is 76.7 Å². The van der Waals surface area contributed by atoms with E-state index in [9.17, 15) is 4.79 Å². The molecule has 35 heavy (non-hydrogen) atoms. The van der Waals surface area contributed by atoms with Gasteiger partial charge in [-0.25, -0.2) is 4.79 Å². The number of carbonyl (C=O) groups is 1. The molecular weight excluding hydrogens is 460 g/mol. The second kappa shape index (κ2) is 10.8. The maximum Gasteiger partial charge on any atom is 0.320 e. The first-order valence-corrected chi connectivity index (χ1v) is 14.3. The maximum absolute atomic E-state index is 12.7. The average Bonchev–Trinajstić information content (AvgIpc) is 3.56. The number of amides is 2. The number of piperazine rings is 1. The van der Waals surface area contributed by atoms with E-state index in [0.29, 0.717) is 12.1 Å². The highest BCUT2D eigenvalue weighted by atomic mass is 35.5. The molecule has 0 bridgehead atoms. The van der Waals surface area contributed by atoms with Gasteiger partial charge in [0, 0.05) is 67.9 Å². The number of benzene rings is 1. The number of halogens is 1. The van der Waals surface area contributed by atoms with Gasteiger partial charge in [0.1, 0.15) is 5.75 Å². The molecule has 194 valence electrons. The molecule has 0 atom stereocenters. The van der Waals surface area contributed by atoms with Crippen LogP contribution in [-0.4, -0.2) is 85.7 Å². The van der Waals surface area contributed by atoms with Crippen LogP contribution in [0.15, 0.2) is 12.1 Å². The zero-order valence-corrected chi connectivity index (χ0v) is 22.5. The van der Waals surface area contributed by atoms with Gasteiger partial charge in [-0.1, -0.05) is 51.1 Å². The Bertz CT molecular complexity index is 893. The molecular formula is C28H43ClN4O2. The number of hydrogen-bond acceptors (Lipinski definition) is 4. The van der Waals surface area contributed by atoms with Crippen LogP contribution in [0.2, 0.25) is 5.02 Å². The first kappa shape index (κ1) is 25.0. The first-order chi connectivity index (χ1) is 16.9. The standard InChI is InChI=1S/C28H43ClN4O2/c1-28(2)21-35-26-24(28)19-22(29)20-25(26)31-15-13-30(14-16-31)11-7-3-4-8-12-32-17-18-33(27(32)34)23-9-5-6-10-23/h19-20,23H,3-18,21H2,1-2H3. The van der Waals surface area contributed by atoms with Crippen LogP contribution < -0.4 is 9.64 Å². The van der Waals surface area contributed by atoms with Gasteiger partial charge >= 0.3 is 6.03 Å². The van der Waals surface area contributed by atoms with Crippen molar-refractivity contribution in [1.82, 2.24) is 14.7 Å². The molecule has 3 heterocycles. The Morgan fingerprint density at radius 1 is 0.943 bits per heavy atom. The van der Waals surface area contributed by atoms with Crippen molar-refractivity contribution < 1.29 is 9.53 Å². The Labute approximate surface area is 216 Å². The minimum absolute atomic E-state index is 0.0220. The third-order valence-corrected chi connectivity index (χ3v) is 8.82. The van der Waals surface area contributed by atoms with E-state index in [1.807, 2.05) is 0 Å². The Balaban J connectivity index is 0.988. The van der Waals surface area contributed by atoms with Crippen molar-refractivity contribution in [1.29, 1.82) is 0 Å². The Kier molecular flexibility index (Phi) is 7.69. The Morgan fingerprint density at radius 3 is 2.40 bits per heavy atom. The first-order valence-electron chi connectivity index (χ1n) is 13.9. The monoisotopic (exact) mass is 502 g/mol. The number of anilines is 1. The molecule has 0 unspecified atom stereocenters. The van der Waals surface area contributed by atoms with Gasteiger partial charge in [-0.3, -0.25) is 4.90 Å². The minimum Gasteiger partial charge on any atom is -0.490 e. The van der Waals surface area contributed by atoms with Crippen LogP contribution in [0.4, 0.5) is 10.5 Å². The topological polar surface area (TPSA) is 39.3 Å². The van der Waals surface area contributed by atoms with E-state index in [1.165, 1.54) is 62.7 Å². The molecule has 5 rings (SSSR count). The fraction of sp³-hybridized carbons (Fsp3) is 0.750. The van der Waals surface area contributed by atoms with Gasteiger partial charge in [0.15, 0.2) is 0 Å². The average molecular weight is 503 g/mol. The van der Waals surface area contributed by atoms with Crippen molar-refractivity contribution in [2.24, 2.45) is 0 Å². The summed E-state index contributed by atoms with van der Waals surface area (Å²) in [6.45, 7) is 13.4. The Hall–Kier alpha value is -1.66. The van der Waals surface area contributed by atoms with E-state index in [-0.39, 0.29) is 5.41 Å². The van der Waals surface area contributed by atoms with Crippen molar-refractivity contribution in [2.75, 3.05) is 63.9 Å². The largest absolute Gasteiger partial charge is 0.490 e. The molecule has 1 saturated carbocycles. The molecule has 2 amide bonds. The van der Waals surface area contributed by atoms with Gasteiger partial charge < -0.3 is 19.4 Å². The summed E-state index contributed by atoms with van der Waals surface area (Å²) in [5.74, 6) is 1.04. The predicted octanol–water partition coefficient (Wildman–Crippen LogP) is 5.37. The molecule has 3 fully saturated rings. The van der Waals surface area contributed by atoms with Crippen molar-refractivity contribution in [3.63, 3.8) is 0 Å². The van der Waals surface area contributed by atoms with E-state index in [4.69, 9.17) is 16.3 Å². The second-order valence-electron chi connectivity index (χ2n) is 11.6. The lowest BCUT2D eigenvalue weighted by molar-refractivity contribution is 0.177. The number of hydrogen-bond donors (Lipinski definition) is 0. The highest BCUT2D eigenvalue weighted by Crippen LogP contribution is 2.46. The molecule has 1 aromatic carbocycles. The molecule has 0 spiro atoms. The summed E-state index contributed by atoms with van der Waals surface area (Å²) in [4.78, 5) is 22.0. The van der Waals surface area contributed by atoms with Gasteiger partial charge in [0.25, 0.3) is 0 Å². The van der Waals surface area contributed by atoms with Gasteiger partial charge in [0.05, 0.1) is 12.3 Å². The molecule has 3 aliphatic heterocycles. The number of nitrogens with zero attached hydrogens (tertiary/aromatic N) is 4. The van der Waals surface area contributed by atoms with Crippen LogP contribution >= 0.6 is 11.6 Å². The molecule has 0 N–H and O–H groups in total. The number of ether oxygens (including phenoxy) is 1. The van der Waals surface area contributed by atoms with E-state index >= 15 is 0 Å². The fourth-order valence-electron chi connectivity index (χ4n) is 6.37. The van der Waals surface area contributed by atoms with Gasteiger partial charge in [-0.05, 0) is 44.4 Å². The van der Waals surface area contributed by atoms with Crippen LogP contribution in [0.3, 0.4) is 0 Å². The maximum atomic E-state index is 12.7. The van der Waals surface area contributed by atoms with E-state index in [1.54, 1.807) is 0 Å². The third kappa shape index (κ3) is 5.53. The number of unbranched alkanes of at least 4 members (excludes halogenated alkanes) is 3. The minimum atomic E-state index is 0.0220. The summed E-state index contributed by atoms with van der Waals surface area (Å²) in [6.07, 6.45) is 9.84. The number of urea groups is 1. The normalized spacial score (nSPS) is 22.8. The Morgan fingerprint density at radius 2 is 1.66 bits per heavy atom. The van der Waals surface area contributed by atoms with E-state index < -0.39 is 0 Å². The molecule has 6 nitrogen and oxygen atoms in total. The molecule has 1 aliphatic carbocycles. The third-order valence-electron chi connectivity index (χ3n) is 8.60. The lowest BCUT2D eigenvalue weighted by Crippen LogP contribution is -2.46. The molecule has 0 radical (unpaired) electrons. The summed E-state index contributed by atoms with van der Waals surface area (Å²) in [7, 11) is 0. The van der Waals surface area contributed by atoms with E-state index in [2.05, 4.69) is 45.6 Å². The van der Waals surface area contributed by atoms with Crippen LogP contribution in [0.5, 0.6) is 5.75 Å². The van der Waals surface area contributed by atoms with Crippen molar-refractivity contribution in [3.05, 3.63) is 22.7 Å². The van der Waals surface area contributed by atoms with Crippen LogP contribution in [0.25, 0.3) is 0 Å². The molecule has 7 heteroatoms. The summed E-state index contributed by atoms with van der Waals surface area (Å²) in [5, 5.41) is 0.807. The van der Waals surface area contributed by atoms with E-state index in [0.717, 1.165) is 69.6 Å². The lowest BCUT2D eigenvalue weighted by Gasteiger charge is -2.36. The summed E-state index contributed by atoms with van der Waals surface area (Å²) >= 11 is 6.48. The molecule has 2 saturated heterocycles. The highest BCUT2D eigenvalue weighted by Gasteiger charge is 2.36.